The lowest BCUT2D eigenvalue weighted by Crippen LogP contribution is -2.42. The van der Waals surface area contributed by atoms with Crippen molar-refractivity contribution in [1.82, 2.24) is 4.98 Å². The van der Waals surface area contributed by atoms with Crippen LogP contribution in [0.5, 0.6) is 23.1 Å². The molecule has 1 aromatic heterocycles. The number of aromatic amines is 1. The van der Waals surface area contributed by atoms with Crippen LogP contribution in [0.1, 0.15) is 54.7 Å². The number of rotatable bonds is 6. The van der Waals surface area contributed by atoms with Crippen LogP contribution in [0.2, 0.25) is 0 Å². The summed E-state index contributed by atoms with van der Waals surface area (Å²) in [5, 5.41) is 20.0. The van der Waals surface area contributed by atoms with Crippen LogP contribution < -0.4 is 14.3 Å². The number of nitrogens with one attached hydrogen (secondary N) is 1. The zero-order valence-electron chi connectivity index (χ0n) is 17.9. The summed E-state index contributed by atoms with van der Waals surface area (Å²) in [6.07, 6.45) is 2.10. The predicted octanol–water partition coefficient (Wildman–Crippen LogP) is 4.72. The molecule has 3 N–H and O–H groups in total. The fourth-order valence-electron chi connectivity index (χ4n) is 3.79. The predicted molar refractivity (Wildman–Crippen MR) is 121 cm³/mol. The molecule has 0 radical (unpaired) electrons. The summed E-state index contributed by atoms with van der Waals surface area (Å²) in [5.41, 5.74) is 2.44. The van der Waals surface area contributed by atoms with E-state index in [4.69, 9.17) is 9.47 Å². The van der Waals surface area contributed by atoms with E-state index in [1.807, 2.05) is 57.2 Å². The molecule has 7 heteroatoms. The molecule has 2 aromatic carbocycles. The fraction of sp³-hybridized carbons (Fsp3) is 0.375. The molecule has 4 rings (SSSR count). The van der Waals surface area contributed by atoms with Gasteiger partial charge < -0.3 is 19.7 Å². The SMILES string of the molecule is CC(C)c1cc2c(cc1O)CCC(C)(COc1ccc(Cc3sc(=O)[nH]c3O)cc1)O2. The molecule has 0 saturated carbocycles. The molecule has 0 bridgehead atoms. The van der Waals surface area contributed by atoms with E-state index in [0.717, 1.165) is 52.4 Å². The molecule has 1 aliphatic heterocycles. The monoisotopic (exact) mass is 441 g/mol. The molecule has 0 aliphatic carbocycles. The summed E-state index contributed by atoms with van der Waals surface area (Å²) < 4.78 is 12.3. The smallest absolute Gasteiger partial charge is 0.307 e. The lowest BCUT2D eigenvalue weighted by molar-refractivity contribution is 0.0174. The highest BCUT2D eigenvalue weighted by molar-refractivity contribution is 7.09. The first-order valence-electron chi connectivity index (χ1n) is 10.4. The Bertz CT molecular complexity index is 1130. The van der Waals surface area contributed by atoms with Gasteiger partial charge in [-0.25, -0.2) is 0 Å². The van der Waals surface area contributed by atoms with Gasteiger partial charge in [-0.05, 0) is 61.1 Å². The third kappa shape index (κ3) is 4.71. The molecule has 0 saturated heterocycles. The zero-order valence-corrected chi connectivity index (χ0v) is 18.7. The quantitative estimate of drug-likeness (QED) is 0.515. The van der Waals surface area contributed by atoms with Gasteiger partial charge in [0.05, 0.1) is 4.88 Å². The summed E-state index contributed by atoms with van der Waals surface area (Å²) >= 11 is 1.02. The lowest BCUT2D eigenvalue weighted by atomic mass is 9.90. The summed E-state index contributed by atoms with van der Waals surface area (Å²) in [6, 6.07) is 11.4. The number of benzene rings is 2. The number of fused-ring (bicyclic) bond motifs is 1. The van der Waals surface area contributed by atoms with Crippen LogP contribution in [-0.4, -0.2) is 27.4 Å². The molecule has 0 spiro atoms. The van der Waals surface area contributed by atoms with Crippen LogP contribution >= 0.6 is 11.3 Å². The third-order valence-corrected chi connectivity index (χ3v) is 6.52. The van der Waals surface area contributed by atoms with Crippen LogP contribution in [0.4, 0.5) is 0 Å². The highest BCUT2D eigenvalue weighted by Gasteiger charge is 2.33. The summed E-state index contributed by atoms with van der Waals surface area (Å²) in [6.45, 7) is 6.55. The highest BCUT2D eigenvalue weighted by atomic mass is 32.1. The molecule has 0 amide bonds. The molecular formula is C24H27NO5S. The van der Waals surface area contributed by atoms with E-state index in [0.29, 0.717) is 23.7 Å². The van der Waals surface area contributed by atoms with Gasteiger partial charge in [0.15, 0.2) is 0 Å². The molecule has 6 nitrogen and oxygen atoms in total. The van der Waals surface area contributed by atoms with Gasteiger partial charge in [0.1, 0.15) is 29.5 Å². The van der Waals surface area contributed by atoms with E-state index in [1.165, 1.54) is 0 Å². The van der Waals surface area contributed by atoms with Crippen LogP contribution in [0.15, 0.2) is 41.2 Å². The van der Waals surface area contributed by atoms with E-state index >= 15 is 0 Å². The van der Waals surface area contributed by atoms with Crippen LogP contribution in [-0.2, 0) is 12.8 Å². The first-order valence-corrected chi connectivity index (χ1v) is 11.2. The topological polar surface area (TPSA) is 91.8 Å². The van der Waals surface area contributed by atoms with Gasteiger partial charge in [-0.15, -0.1) is 0 Å². The average molecular weight is 442 g/mol. The van der Waals surface area contributed by atoms with Crippen molar-refractivity contribution in [2.45, 2.75) is 51.6 Å². The number of hydrogen-bond donors (Lipinski definition) is 3. The van der Waals surface area contributed by atoms with E-state index in [9.17, 15) is 15.0 Å². The van der Waals surface area contributed by atoms with Crippen molar-refractivity contribution in [2.75, 3.05) is 6.61 Å². The van der Waals surface area contributed by atoms with Gasteiger partial charge in [-0.1, -0.05) is 37.3 Å². The molecule has 1 aliphatic rings. The Labute approximate surface area is 185 Å². The van der Waals surface area contributed by atoms with Crippen molar-refractivity contribution < 1.29 is 19.7 Å². The highest BCUT2D eigenvalue weighted by Crippen LogP contribution is 2.39. The lowest BCUT2D eigenvalue weighted by Gasteiger charge is -2.36. The second kappa shape index (κ2) is 8.30. The molecule has 0 fully saturated rings. The second-order valence-corrected chi connectivity index (χ2v) is 9.69. The van der Waals surface area contributed by atoms with E-state index in [1.54, 1.807) is 0 Å². The Morgan fingerprint density at radius 1 is 1.23 bits per heavy atom. The van der Waals surface area contributed by atoms with Crippen molar-refractivity contribution in [1.29, 1.82) is 0 Å². The summed E-state index contributed by atoms with van der Waals surface area (Å²) in [5.74, 6) is 2.04. The van der Waals surface area contributed by atoms with Crippen LogP contribution in [0.25, 0.3) is 0 Å². The van der Waals surface area contributed by atoms with Crippen molar-refractivity contribution in [2.24, 2.45) is 0 Å². The van der Waals surface area contributed by atoms with Gasteiger partial charge in [0, 0.05) is 12.0 Å². The summed E-state index contributed by atoms with van der Waals surface area (Å²) in [7, 11) is 0. The third-order valence-electron chi connectivity index (χ3n) is 5.64. The maximum absolute atomic E-state index is 11.3. The Morgan fingerprint density at radius 2 is 1.97 bits per heavy atom. The number of H-pyrrole nitrogens is 1. The van der Waals surface area contributed by atoms with Crippen LogP contribution in [0, 0.1) is 0 Å². The Hall–Kier alpha value is -2.93. The van der Waals surface area contributed by atoms with Gasteiger partial charge in [0.2, 0.25) is 5.88 Å². The minimum atomic E-state index is -0.458. The van der Waals surface area contributed by atoms with E-state index < -0.39 is 5.60 Å². The Morgan fingerprint density at radius 3 is 2.61 bits per heavy atom. The standard InChI is InChI=1S/C24H27NO5S/c1-14(2)18-12-20-16(11-19(18)26)8-9-24(3,30-20)13-29-17-6-4-15(5-7-17)10-21-22(27)25-23(28)31-21/h4-7,11-12,14,26-27H,8-10,13H2,1-3H3,(H,25,28). The molecule has 2 heterocycles. The van der Waals surface area contributed by atoms with Crippen molar-refractivity contribution >= 4 is 11.3 Å². The molecule has 1 unspecified atom stereocenters. The average Bonchev–Trinajstić information content (AvgIpc) is 3.04. The number of aromatic nitrogens is 1. The number of hydrogen-bond acceptors (Lipinski definition) is 6. The molecule has 164 valence electrons. The van der Waals surface area contributed by atoms with Crippen LogP contribution in [0.3, 0.4) is 0 Å². The van der Waals surface area contributed by atoms with Crippen molar-refractivity contribution in [3.8, 4) is 23.1 Å². The van der Waals surface area contributed by atoms with E-state index in [2.05, 4.69) is 4.98 Å². The second-order valence-electron chi connectivity index (χ2n) is 8.62. The normalized spacial score (nSPS) is 17.9. The number of phenols is 1. The number of aryl methyl sites for hydroxylation is 1. The summed E-state index contributed by atoms with van der Waals surface area (Å²) in [4.78, 5) is 14.1. The van der Waals surface area contributed by atoms with Gasteiger partial charge >= 0.3 is 4.87 Å². The maximum atomic E-state index is 11.3. The molecule has 1 atom stereocenters. The minimum Gasteiger partial charge on any atom is -0.508 e. The van der Waals surface area contributed by atoms with Crippen molar-refractivity contribution in [3.05, 3.63) is 67.6 Å². The number of phenolic OH excluding ortho intramolecular Hbond substituents is 1. The minimum absolute atomic E-state index is 0.0630. The Balaban J connectivity index is 1.40. The van der Waals surface area contributed by atoms with Gasteiger partial charge in [0.25, 0.3) is 0 Å². The molecule has 3 aromatic rings. The van der Waals surface area contributed by atoms with Crippen molar-refractivity contribution in [3.63, 3.8) is 0 Å². The number of ether oxygens (including phenoxy) is 2. The first kappa shape index (κ1) is 21.3. The van der Waals surface area contributed by atoms with Gasteiger partial charge in [-0.3, -0.25) is 9.78 Å². The first-order chi connectivity index (χ1) is 14.7. The molecule has 31 heavy (non-hydrogen) atoms. The van der Waals surface area contributed by atoms with E-state index in [-0.39, 0.29) is 16.7 Å². The fourth-order valence-corrected chi connectivity index (χ4v) is 4.55. The van der Waals surface area contributed by atoms with Gasteiger partial charge in [-0.2, -0.15) is 0 Å². The Kier molecular flexibility index (Phi) is 5.71. The maximum Gasteiger partial charge on any atom is 0.307 e. The largest absolute Gasteiger partial charge is 0.508 e. The zero-order chi connectivity index (χ0) is 22.2. The molecular weight excluding hydrogens is 414 g/mol. The number of thiazole rings is 1. The number of aromatic hydroxyl groups is 2.